The van der Waals surface area contributed by atoms with Gasteiger partial charge in [0.25, 0.3) is 0 Å². The van der Waals surface area contributed by atoms with Gasteiger partial charge in [0.15, 0.2) is 0 Å². The molecule has 3 heterocycles. The predicted molar refractivity (Wildman–Crippen MR) is 195 cm³/mol. The zero-order chi connectivity index (χ0) is 31.9. The third-order valence-electron chi connectivity index (χ3n) is 10.7. The van der Waals surface area contributed by atoms with E-state index in [2.05, 4.69) is 177 Å². The van der Waals surface area contributed by atoms with Gasteiger partial charge in [-0.15, -0.1) is 0 Å². The van der Waals surface area contributed by atoms with E-state index in [0.717, 1.165) is 22.3 Å². The van der Waals surface area contributed by atoms with Crippen LogP contribution < -0.4 is 10.4 Å². The van der Waals surface area contributed by atoms with E-state index in [4.69, 9.17) is 9.31 Å². The number of para-hydroxylation sites is 3. The monoisotopic (exact) mass is 612 g/mol. The van der Waals surface area contributed by atoms with Crippen molar-refractivity contribution in [1.82, 2.24) is 4.57 Å². The molecule has 230 valence electrons. The highest BCUT2D eigenvalue weighted by Crippen LogP contribution is 2.49. The molecule has 0 bridgehead atoms. The summed E-state index contributed by atoms with van der Waals surface area (Å²) in [5.41, 5.74) is 9.93. The van der Waals surface area contributed by atoms with E-state index in [9.17, 15) is 0 Å². The van der Waals surface area contributed by atoms with Crippen LogP contribution in [0.15, 0.2) is 140 Å². The van der Waals surface area contributed by atoms with Crippen LogP contribution in [0.2, 0.25) is 0 Å². The Bertz CT molecular complexity index is 2170. The summed E-state index contributed by atoms with van der Waals surface area (Å²) in [5, 5.41) is 2.52. The molecule has 0 spiro atoms. The van der Waals surface area contributed by atoms with E-state index >= 15 is 0 Å². The quantitative estimate of drug-likeness (QED) is 0.186. The number of aromatic nitrogens is 1. The normalized spacial score (nSPS) is 20.7. The van der Waals surface area contributed by atoms with Gasteiger partial charge in [0.2, 0.25) is 0 Å². The zero-order valence-corrected chi connectivity index (χ0v) is 27.2. The number of rotatable bonds is 4. The summed E-state index contributed by atoms with van der Waals surface area (Å²) in [4.78, 5) is 2.53. The number of nitrogens with zero attached hydrogens (tertiary/aromatic N) is 2. The summed E-state index contributed by atoms with van der Waals surface area (Å²) in [6, 6.07) is 42.3. The van der Waals surface area contributed by atoms with Gasteiger partial charge in [-0.1, -0.05) is 103 Å². The summed E-state index contributed by atoms with van der Waals surface area (Å²) in [7, 11) is -0.391. The van der Waals surface area contributed by atoms with Gasteiger partial charge >= 0.3 is 7.12 Å². The van der Waals surface area contributed by atoms with E-state index in [-0.39, 0.29) is 17.2 Å². The Hall–Kier alpha value is -4.84. The summed E-state index contributed by atoms with van der Waals surface area (Å²) >= 11 is 0. The van der Waals surface area contributed by atoms with E-state index in [1.165, 1.54) is 38.7 Å². The fraction of sp³-hybridized carbons (Fsp3) is 0.190. The molecule has 9 rings (SSSR count). The average molecular weight is 613 g/mol. The van der Waals surface area contributed by atoms with E-state index in [1.807, 2.05) is 0 Å². The van der Waals surface area contributed by atoms with Crippen molar-refractivity contribution < 1.29 is 9.31 Å². The fourth-order valence-corrected chi connectivity index (χ4v) is 7.63. The SMILES string of the molecule is CC1(C)OB(c2ccc(-c3cc(N4c5ccccc5C5C=CC=CC54)cc(-n4c5ccccc5c5ccccc54)c3)cc2)OC1(C)C. The minimum atomic E-state index is -0.391. The lowest BCUT2D eigenvalue weighted by Gasteiger charge is -2.32. The first-order chi connectivity index (χ1) is 22.8. The van der Waals surface area contributed by atoms with Crippen molar-refractivity contribution in [1.29, 1.82) is 0 Å². The van der Waals surface area contributed by atoms with Crippen LogP contribution in [-0.2, 0) is 9.31 Å². The predicted octanol–water partition coefficient (Wildman–Crippen LogP) is 9.48. The Labute approximate surface area is 276 Å². The van der Waals surface area contributed by atoms with Crippen LogP contribution in [0.4, 0.5) is 11.4 Å². The lowest BCUT2D eigenvalue weighted by atomic mass is 9.78. The molecular formula is C42H37BN2O2. The molecule has 3 aliphatic rings. The highest BCUT2D eigenvalue weighted by Gasteiger charge is 2.51. The van der Waals surface area contributed by atoms with Crippen molar-refractivity contribution >= 4 is 45.8 Å². The maximum Gasteiger partial charge on any atom is 0.494 e. The van der Waals surface area contributed by atoms with Crippen molar-refractivity contribution in [3.05, 3.63) is 145 Å². The minimum absolute atomic E-state index is 0.212. The summed E-state index contributed by atoms with van der Waals surface area (Å²) in [5.74, 6) is 0.316. The van der Waals surface area contributed by atoms with Crippen molar-refractivity contribution in [2.75, 3.05) is 4.90 Å². The first kappa shape index (κ1) is 28.4. The molecule has 5 heteroatoms. The molecule has 0 amide bonds. The molecule has 0 radical (unpaired) electrons. The molecule has 1 aliphatic carbocycles. The van der Waals surface area contributed by atoms with Crippen LogP contribution in [0, 0.1) is 0 Å². The lowest BCUT2D eigenvalue weighted by molar-refractivity contribution is 0.00578. The molecule has 2 atom stereocenters. The van der Waals surface area contributed by atoms with Gasteiger partial charge in [-0.25, -0.2) is 0 Å². The maximum absolute atomic E-state index is 6.37. The largest absolute Gasteiger partial charge is 0.494 e. The first-order valence-corrected chi connectivity index (χ1v) is 16.6. The van der Waals surface area contributed by atoms with Crippen molar-refractivity contribution in [3.63, 3.8) is 0 Å². The Morgan fingerprint density at radius 2 is 1.19 bits per heavy atom. The van der Waals surface area contributed by atoms with Gasteiger partial charge in [0.1, 0.15) is 0 Å². The van der Waals surface area contributed by atoms with Crippen LogP contribution >= 0.6 is 0 Å². The molecule has 2 aliphatic heterocycles. The summed E-state index contributed by atoms with van der Waals surface area (Å²) in [6.45, 7) is 8.39. The van der Waals surface area contributed by atoms with Crippen LogP contribution in [0.5, 0.6) is 0 Å². The Balaban J connectivity index is 1.23. The molecule has 2 unspecified atom stereocenters. The standard InChI is InChI=1S/C42H37BN2O2/c1-41(2)42(3,4)47-43(46-41)30-23-21-28(22-24-30)29-25-31(44-37-17-9-5-13-33(37)34-14-6-10-18-38(34)44)27-32(26-29)45-39-19-11-7-15-35(39)36-16-8-12-20-40(36)45/h5-27,33,37H,1-4H3. The van der Waals surface area contributed by atoms with Crippen LogP contribution in [0.3, 0.4) is 0 Å². The number of allylic oxidation sites excluding steroid dienone is 2. The van der Waals surface area contributed by atoms with Gasteiger partial charge < -0.3 is 18.8 Å². The minimum Gasteiger partial charge on any atom is -0.399 e. The van der Waals surface area contributed by atoms with Crippen LogP contribution in [-0.4, -0.2) is 28.9 Å². The molecule has 47 heavy (non-hydrogen) atoms. The molecular weight excluding hydrogens is 575 g/mol. The zero-order valence-electron chi connectivity index (χ0n) is 27.2. The van der Waals surface area contributed by atoms with Crippen LogP contribution in [0.25, 0.3) is 38.6 Å². The highest BCUT2D eigenvalue weighted by atomic mass is 16.7. The van der Waals surface area contributed by atoms with Gasteiger partial charge in [-0.2, -0.15) is 0 Å². The molecule has 0 N–H and O–H groups in total. The lowest BCUT2D eigenvalue weighted by Crippen LogP contribution is -2.41. The van der Waals surface area contributed by atoms with Crippen molar-refractivity contribution in [2.24, 2.45) is 0 Å². The summed E-state index contributed by atoms with van der Waals surface area (Å²) < 4.78 is 15.2. The van der Waals surface area contributed by atoms with Gasteiger partial charge in [0.05, 0.1) is 28.3 Å². The van der Waals surface area contributed by atoms with Gasteiger partial charge in [-0.05, 0) is 86.2 Å². The third kappa shape index (κ3) is 4.37. The van der Waals surface area contributed by atoms with Crippen molar-refractivity contribution in [2.45, 2.75) is 50.9 Å². The number of hydrogen-bond donors (Lipinski definition) is 0. The average Bonchev–Trinajstić information content (AvgIpc) is 3.68. The fourth-order valence-electron chi connectivity index (χ4n) is 7.63. The molecule has 1 aromatic heterocycles. The third-order valence-corrected chi connectivity index (χ3v) is 10.7. The second kappa shape index (κ2) is 10.3. The van der Waals surface area contributed by atoms with E-state index in [0.29, 0.717) is 5.92 Å². The molecule has 4 nitrogen and oxygen atoms in total. The number of anilines is 2. The molecule has 6 aromatic rings. The Morgan fingerprint density at radius 3 is 1.89 bits per heavy atom. The summed E-state index contributed by atoms with van der Waals surface area (Å²) in [6.07, 6.45) is 9.06. The van der Waals surface area contributed by atoms with Crippen LogP contribution in [0.1, 0.15) is 39.2 Å². The number of benzene rings is 5. The van der Waals surface area contributed by atoms with E-state index < -0.39 is 7.12 Å². The topological polar surface area (TPSA) is 26.6 Å². The molecule has 5 aromatic carbocycles. The second-order valence-corrected chi connectivity index (χ2v) is 14.0. The van der Waals surface area contributed by atoms with Crippen molar-refractivity contribution in [3.8, 4) is 16.8 Å². The highest BCUT2D eigenvalue weighted by molar-refractivity contribution is 6.62. The molecule has 0 saturated carbocycles. The number of hydrogen-bond acceptors (Lipinski definition) is 3. The van der Waals surface area contributed by atoms with Gasteiger partial charge in [-0.3, -0.25) is 0 Å². The second-order valence-electron chi connectivity index (χ2n) is 14.0. The Kier molecular flexibility index (Phi) is 6.24. The maximum atomic E-state index is 6.37. The first-order valence-electron chi connectivity index (χ1n) is 16.6. The Morgan fingerprint density at radius 1 is 0.596 bits per heavy atom. The van der Waals surface area contributed by atoms with Gasteiger partial charge in [0, 0.05) is 33.8 Å². The van der Waals surface area contributed by atoms with E-state index in [1.54, 1.807) is 0 Å². The smallest absolute Gasteiger partial charge is 0.399 e. The molecule has 1 saturated heterocycles. The number of fused-ring (bicyclic) bond motifs is 6. The molecule has 1 fully saturated rings.